The van der Waals surface area contributed by atoms with Gasteiger partial charge in [-0.3, -0.25) is 9.59 Å². The predicted molar refractivity (Wildman–Crippen MR) is 80.3 cm³/mol. The second kappa shape index (κ2) is 15.4. The largest absolute Gasteiger partial charge is 0.384 e. The number of Topliss-reactive ketones (excluding diaryl/α,β-unsaturated/α-hetero) is 1. The van der Waals surface area contributed by atoms with Crippen molar-refractivity contribution in [2.75, 3.05) is 46.7 Å². The molecule has 0 saturated heterocycles. The van der Waals surface area contributed by atoms with Crippen LogP contribution in [0.1, 0.15) is 39.0 Å². The number of nitrogens with one attached hydrogen (secondary N) is 1. The molecular formula is C15H29NO5. The molecule has 0 heterocycles. The molecule has 0 aliphatic carbocycles. The van der Waals surface area contributed by atoms with Crippen LogP contribution in [0.3, 0.4) is 0 Å². The van der Waals surface area contributed by atoms with Crippen molar-refractivity contribution >= 4 is 11.7 Å². The van der Waals surface area contributed by atoms with Crippen molar-refractivity contribution in [3.05, 3.63) is 0 Å². The van der Waals surface area contributed by atoms with Crippen molar-refractivity contribution in [3.8, 4) is 0 Å². The van der Waals surface area contributed by atoms with Gasteiger partial charge in [0.15, 0.2) is 0 Å². The molecule has 0 radical (unpaired) electrons. The molecule has 6 heteroatoms. The Balaban J connectivity index is 3.15. The lowest BCUT2D eigenvalue weighted by atomic mass is 10.2. The minimum Gasteiger partial charge on any atom is -0.384 e. The predicted octanol–water partition coefficient (Wildman–Crippen LogP) is 1.32. The van der Waals surface area contributed by atoms with E-state index < -0.39 is 0 Å². The minimum atomic E-state index is 0.0653. The van der Waals surface area contributed by atoms with Crippen molar-refractivity contribution in [2.24, 2.45) is 0 Å². The van der Waals surface area contributed by atoms with E-state index in [-0.39, 0.29) is 11.7 Å². The molecule has 0 bridgehead atoms. The van der Waals surface area contributed by atoms with Gasteiger partial charge in [0.25, 0.3) is 0 Å². The number of ketones is 1. The van der Waals surface area contributed by atoms with E-state index in [0.717, 1.165) is 12.8 Å². The molecule has 0 unspecified atom stereocenters. The van der Waals surface area contributed by atoms with E-state index in [9.17, 15) is 9.59 Å². The monoisotopic (exact) mass is 303 g/mol. The van der Waals surface area contributed by atoms with Crippen LogP contribution in [-0.4, -0.2) is 58.4 Å². The van der Waals surface area contributed by atoms with Crippen LogP contribution < -0.4 is 5.32 Å². The lowest BCUT2D eigenvalue weighted by Crippen LogP contribution is -2.27. The first-order chi connectivity index (χ1) is 10.2. The first kappa shape index (κ1) is 20.0. The zero-order chi connectivity index (χ0) is 15.8. The molecule has 1 N–H and O–H groups in total. The third-order valence-corrected chi connectivity index (χ3v) is 2.75. The van der Waals surface area contributed by atoms with Crippen molar-refractivity contribution in [2.45, 2.75) is 39.0 Å². The van der Waals surface area contributed by atoms with E-state index in [1.54, 1.807) is 7.11 Å². The van der Waals surface area contributed by atoms with Crippen LogP contribution >= 0.6 is 0 Å². The quantitative estimate of drug-likeness (QED) is 0.462. The number of amides is 1. The zero-order valence-corrected chi connectivity index (χ0v) is 13.3. The van der Waals surface area contributed by atoms with Crippen LogP contribution in [-0.2, 0) is 23.8 Å². The Bertz CT molecular complexity index is 271. The van der Waals surface area contributed by atoms with E-state index in [0.29, 0.717) is 58.8 Å². The molecule has 21 heavy (non-hydrogen) atoms. The summed E-state index contributed by atoms with van der Waals surface area (Å²) in [4.78, 5) is 22.5. The highest BCUT2D eigenvalue weighted by Gasteiger charge is 2.01. The Hall–Kier alpha value is -0.980. The van der Waals surface area contributed by atoms with Gasteiger partial charge in [-0.2, -0.15) is 0 Å². The number of rotatable bonds is 15. The average Bonchev–Trinajstić information content (AvgIpc) is 2.47. The van der Waals surface area contributed by atoms with Crippen LogP contribution in [0.4, 0.5) is 0 Å². The molecule has 0 atom stereocenters. The van der Waals surface area contributed by atoms with Crippen molar-refractivity contribution in [1.82, 2.24) is 5.32 Å². The first-order valence-corrected chi connectivity index (χ1v) is 7.63. The van der Waals surface area contributed by atoms with Gasteiger partial charge in [0, 0.05) is 39.5 Å². The van der Waals surface area contributed by atoms with Gasteiger partial charge in [-0.1, -0.05) is 6.92 Å². The normalized spacial score (nSPS) is 10.6. The molecule has 0 spiro atoms. The summed E-state index contributed by atoms with van der Waals surface area (Å²) in [6, 6.07) is 0. The molecule has 0 aromatic rings. The molecule has 0 aliphatic rings. The summed E-state index contributed by atoms with van der Waals surface area (Å²) in [7, 11) is 1.59. The SMILES string of the molecule is CCCC(=O)NCCOCCOCCCC(=O)CCOC. The highest BCUT2D eigenvalue weighted by Crippen LogP contribution is 1.96. The van der Waals surface area contributed by atoms with E-state index in [1.807, 2.05) is 6.92 Å². The summed E-state index contributed by atoms with van der Waals surface area (Å²) in [5.74, 6) is 0.273. The fourth-order valence-electron chi connectivity index (χ4n) is 1.61. The first-order valence-electron chi connectivity index (χ1n) is 7.63. The van der Waals surface area contributed by atoms with Gasteiger partial charge in [0.2, 0.25) is 5.91 Å². The van der Waals surface area contributed by atoms with Gasteiger partial charge < -0.3 is 19.5 Å². The molecule has 0 rings (SSSR count). The Labute approximate surface area is 127 Å². The highest BCUT2D eigenvalue weighted by atomic mass is 16.5. The van der Waals surface area contributed by atoms with E-state index in [2.05, 4.69) is 5.32 Å². The lowest BCUT2D eigenvalue weighted by Gasteiger charge is -2.07. The molecular weight excluding hydrogens is 274 g/mol. The summed E-state index contributed by atoms with van der Waals surface area (Å²) in [5, 5.41) is 2.77. The van der Waals surface area contributed by atoms with E-state index >= 15 is 0 Å². The smallest absolute Gasteiger partial charge is 0.220 e. The molecule has 0 aromatic heterocycles. The number of hydrogen-bond donors (Lipinski definition) is 1. The third-order valence-electron chi connectivity index (χ3n) is 2.75. The molecule has 124 valence electrons. The second-order valence-corrected chi connectivity index (χ2v) is 4.71. The Morgan fingerprint density at radius 3 is 2.29 bits per heavy atom. The van der Waals surface area contributed by atoms with E-state index in [1.165, 1.54) is 0 Å². The van der Waals surface area contributed by atoms with Gasteiger partial charge in [0.1, 0.15) is 5.78 Å². The summed E-state index contributed by atoms with van der Waals surface area (Å²) in [6.07, 6.45) is 3.16. The number of methoxy groups -OCH3 is 1. The maximum absolute atomic E-state index is 11.3. The highest BCUT2D eigenvalue weighted by molar-refractivity contribution is 5.78. The Morgan fingerprint density at radius 2 is 1.62 bits per heavy atom. The maximum atomic E-state index is 11.3. The van der Waals surface area contributed by atoms with Crippen LogP contribution in [0.25, 0.3) is 0 Å². The molecule has 0 fully saturated rings. The fourth-order valence-corrected chi connectivity index (χ4v) is 1.61. The van der Waals surface area contributed by atoms with Crippen molar-refractivity contribution < 1.29 is 23.8 Å². The van der Waals surface area contributed by atoms with Crippen LogP contribution in [0.5, 0.6) is 0 Å². The number of ether oxygens (including phenoxy) is 3. The zero-order valence-electron chi connectivity index (χ0n) is 13.3. The summed E-state index contributed by atoms with van der Waals surface area (Å²) >= 11 is 0. The van der Waals surface area contributed by atoms with Crippen LogP contribution in [0.2, 0.25) is 0 Å². The summed E-state index contributed by atoms with van der Waals surface area (Å²) in [5.41, 5.74) is 0. The van der Waals surface area contributed by atoms with Gasteiger partial charge in [-0.05, 0) is 12.8 Å². The second-order valence-electron chi connectivity index (χ2n) is 4.71. The van der Waals surface area contributed by atoms with Crippen LogP contribution in [0, 0.1) is 0 Å². The maximum Gasteiger partial charge on any atom is 0.220 e. The van der Waals surface area contributed by atoms with Crippen molar-refractivity contribution in [3.63, 3.8) is 0 Å². The number of carbonyl (C=O) groups is 2. The Morgan fingerprint density at radius 1 is 0.905 bits per heavy atom. The Kier molecular flexibility index (Phi) is 14.7. The molecule has 0 saturated carbocycles. The topological polar surface area (TPSA) is 73.9 Å². The number of hydrogen-bond acceptors (Lipinski definition) is 5. The molecule has 6 nitrogen and oxygen atoms in total. The lowest BCUT2D eigenvalue weighted by molar-refractivity contribution is -0.121. The van der Waals surface area contributed by atoms with Crippen molar-refractivity contribution in [1.29, 1.82) is 0 Å². The van der Waals surface area contributed by atoms with Gasteiger partial charge in [-0.25, -0.2) is 0 Å². The van der Waals surface area contributed by atoms with Gasteiger partial charge in [0.05, 0.1) is 26.4 Å². The average molecular weight is 303 g/mol. The summed E-state index contributed by atoms with van der Waals surface area (Å²) in [6.45, 7) is 5.06. The molecule has 0 aromatic carbocycles. The number of carbonyl (C=O) groups excluding carboxylic acids is 2. The van der Waals surface area contributed by atoms with Crippen LogP contribution in [0.15, 0.2) is 0 Å². The van der Waals surface area contributed by atoms with Gasteiger partial charge in [-0.15, -0.1) is 0 Å². The molecule has 1 amide bonds. The minimum absolute atomic E-state index is 0.0653. The third kappa shape index (κ3) is 15.2. The van der Waals surface area contributed by atoms with Gasteiger partial charge >= 0.3 is 0 Å². The standard InChI is InChI=1S/C15H29NO5/c1-3-5-15(18)16-8-11-21-13-12-20-9-4-6-14(17)7-10-19-2/h3-13H2,1-2H3,(H,16,18). The van der Waals surface area contributed by atoms with E-state index in [4.69, 9.17) is 14.2 Å². The summed E-state index contributed by atoms with van der Waals surface area (Å²) < 4.78 is 15.5. The fraction of sp³-hybridized carbons (Fsp3) is 0.867. The molecule has 0 aliphatic heterocycles.